The molecule has 0 aliphatic heterocycles. The number of nitriles is 1. The van der Waals surface area contributed by atoms with E-state index in [1.54, 1.807) is 24.3 Å². The Bertz CT molecular complexity index is 766. The second kappa shape index (κ2) is 7.68. The van der Waals surface area contributed by atoms with E-state index in [1.165, 1.54) is 17.8 Å². The van der Waals surface area contributed by atoms with Crippen LogP contribution in [0, 0.1) is 10.7 Å². The zero-order chi connectivity index (χ0) is 15.9. The van der Waals surface area contributed by atoms with Crippen molar-refractivity contribution >= 4 is 35.1 Å². The average molecular weight is 332 g/mol. The Morgan fingerprint density at radius 2 is 2.14 bits per heavy atom. The van der Waals surface area contributed by atoms with Gasteiger partial charge >= 0.3 is 0 Å². The van der Waals surface area contributed by atoms with Crippen LogP contribution in [0.1, 0.15) is 16.3 Å². The molecule has 2 aromatic rings. The van der Waals surface area contributed by atoms with Gasteiger partial charge in [0.15, 0.2) is 0 Å². The number of carbonyl (C=O) groups excluding carboxylic acids is 1. The quantitative estimate of drug-likeness (QED) is 0.644. The molecule has 2 N–H and O–H groups in total. The number of amides is 1. The van der Waals surface area contributed by atoms with Gasteiger partial charge in [-0.2, -0.15) is 17.0 Å². The van der Waals surface area contributed by atoms with Crippen molar-refractivity contribution < 1.29 is 4.79 Å². The van der Waals surface area contributed by atoms with Crippen molar-refractivity contribution in [3.63, 3.8) is 0 Å². The molecule has 22 heavy (non-hydrogen) atoms. The van der Waals surface area contributed by atoms with Gasteiger partial charge in [0.25, 0.3) is 11.5 Å². The minimum atomic E-state index is -0.450. The number of rotatable bonds is 5. The molecule has 1 aromatic carbocycles. The van der Waals surface area contributed by atoms with Gasteiger partial charge in [-0.1, -0.05) is 0 Å². The molecule has 1 heterocycles. The highest BCUT2D eigenvalue weighted by molar-refractivity contribution is 8.03. The summed E-state index contributed by atoms with van der Waals surface area (Å²) in [6, 6.07) is 8.00. The summed E-state index contributed by atoms with van der Waals surface area (Å²) in [7, 11) is 0. The first-order chi connectivity index (χ1) is 10.6. The van der Waals surface area contributed by atoms with Gasteiger partial charge in [0.05, 0.1) is 5.75 Å². The number of nitrogens with zero attached hydrogens (tertiary/aromatic N) is 2. The fourth-order valence-corrected chi connectivity index (χ4v) is 2.47. The number of hydrogen-bond donors (Lipinski definition) is 2. The highest BCUT2D eigenvalue weighted by atomic mass is 32.2. The molecule has 0 unspecified atom stereocenters. The van der Waals surface area contributed by atoms with Crippen LogP contribution < -0.4 is 10.9 Å². The van der Waals surface area contributed by atoms with Crippen LogP contribution in [0.2, 0.25) is 0 Å². The molecule has 0 spiro atoms. The SMILES string of the molecule is CSCc1nc(C(=O)Nc2ccc(SC#N)cc2)cc(=O)[nH]1. The lowest BCUT2D eigenvalue weighted by molar-refractivity contribution is 0.102. The Hall–Kier alpha value is -2.24. The van der Waals surface area contributed by atoms with Crippen LogP contribution in [0.5, 0.6) is 0 Å². The van der Waals surface area contributed by atoms with E-state index >= 15 is 0 Å². The van der Waals surface area contributed by atoms with Gasteiger partial charge in [-0.25, -0.2) is 4.98 Å². The first-order valence-corrected chi connectivity index (χ1v) is 8.40. The predicted molar refractivity (Wildman–Crippen MR) is 87.9 cm³/mol. The molecular formula is C14H12N4O2S2. The van der Waals surface area contributed by atoms with Crippen LogP contribution in [0.4, 0.5) is 5.69 Å². The number of nitrogens with one attached hydrogen (secondary N) is 2. The maximum atomic E-state index is 12.1. The zero-order valence-electron chi connectivity index (χ0n) is 11.6. The monoisotopic (exact) mass is 332 g/mol. The summed E-state index contributed by atoms with van der Waals surface area (Å²) in [6.07, 6.45) is 1.88. The molecule has 6 nitrogen and oxygen atoms in total. The zero-order valence-corrected chi connectivity index (χ0v) is 13.3. The number of benzene rings is 1. The lowest BCUT2D eigenvalue weighted by Gasteiger charge is -2.06. The van der Waals surface area contributed by atoms with Crippen molar-refractivity contribution in [1.82, 2.24) is 9.97 Å². The molecule has 2 rings (SSSR count). The number of H-pyrrole nitrogens is 1. The molecular weight excluding hydrogens is 320 g/mol. The van der Waals surface area contributed by atoms with E-state index in [2.05, 4.69) is 15.3 Å². The van der Waals surface area contributed by atoms with Crippen molar-refractivity contribution in [2.24, 2.45) is 0 Å². The van der Waals surface area contributed by atoms with Crippen LogP contribution in [-0.4, -0.2) is 22.1 Å². The van der Waals surface area contributed by atoms with Gasteiger partial charge in [0.1, 0.15) is 16.9 Å². The third kappa shape index (κ3) is 4.38. The fourth-order valence-electron chi connectivity index (χ4n) is 1.68. The molecule has 0 saturated heterocycles. The number of hydrogen-bond acceptors (Lipinski definition) is 6. The van der Waals surface area contributed by atoms with E-state index in [0.717, 1.165) is 16.7 Å². The number of carbonyl (C=O) groups is 1. The minimum Gasteiger partial charge on any atom is -0.321 e. The van der Waals surface area contributed by atoms with Crippen molar-refractivity contribution in [1.29, 1.82) is 5.26 Å². The van der Waals surface area contributed by atoms with Gasteiger partial charge in [-0.05, 0) is 42.3 Å². The fraction of sp³-hybridized carbons (Fsp3) is 0.143. The van der Waals surface area contributed by atoms with Crippen LogP contribution in [0.15, 0.2) is 40.0 Å². The Labute approximate surface area is 135 Å². The molecule has 8 heteroatoms. The Balaban J connectivity index is 2.15. The highest BCUT2D eigenvalue weighted by Gasteiger charge is 2.10. The van der Waals surface area contributed by atoms with Gasteiger partial charge < -0.3 is 10.3 Å². The van der Waals surface area contributed by atoms with Crippen LogP contribution in [-0.2, 0) is 5.75 Å². The number of aromatic amines is 1. The van der Waals surface area contributed by atoms with E-state index < -0.39 is 5.91 Å². The molecule has 0 saturated carbocycles. The maximum absolute atomic E-state index is 12.1. The van der Waals surface area contributed by atoms with E-state index in [4.69, 9.17) is 5.26 Å². The lowest BCUT2D eigenvalue weighted by atomic mass is 10.3. The molecule has 0 aliphatic carbocycles. The second-order valence-electron chi connectivity index (χ2n) is 4.18. The lowest BCUT2D eigenvalue weighted by Crippen LogP contribution is -2.20. The Kier molecular flexibility index (Phi) is 5.63. The van der Waals surface area contributed by atoms with E-state index in [1.807, 2.05) is 11.7 Å². The van der Waals surface area contributed by atoms with Crippen molar-refractivity contribution in [3.05, 3.63) is 52.2 Å². The van der Waals surface area contributed by atoms with Crippen LogP contribution in [0.3, 0.4) is 0 Å². The third-order valence-electron chi connectivity index (χ3n) is 2.58. The molecule has 112 valence electrons. The molecule has 0 radical (unpaired) electrons. The molecule has 0 aliphatic rings. The maximum Gasteiger partial charge on any atom is 0.274 e. The molecule has 1 amide bonds. The first-order valence-electron chi connectivity index (χ1n) is 6.19. The summed E-state index contributed by atoms with van der Waals surface area (Å²) in [5.74, 6) is 0.538. The number of thioether (sulfide) groups is 2. The first kappa shape index (κ1) is 16.1. The topological polar surface area (TPSA) is 98.6 Å². The normalized spacial score (nSPS) is 10.0. The van der Waals surface area contributed by atoms with Crippen molar-refractivity contribution in [3.8, 4) is 5.40 Å². The standard InChI is InChI=1S/C14H12N4O2S2/c1-21-7-12-17-11(6-13(19)18-12)14(20)16-9-2-4-10(5-3-9)22-8-15/h2-6H,7H2,1H3,(H,16,20)(H,17,18,19). The smallest absolute Gasteiger partial charge is 0.274 e. The largest absolute Gasteiger partial charge is 0.321 e. The highest BCUT2D eigenvalue weighted by Crippen LogP contribution is 2.19. The average Bonchev–Trinajstić information content (AvgIpc) is 2.49. The third-order valence-corrected chi connectivity index (χ3v) is 3.74. The van der Waals surface area contributed by atoms with E-state index in [0.29, 0.717) is 17.3 Å². The van der Waals surface area contributed by atoms with Gasteiger partial charge in [0, 0.05) is 16.6 Å². The van der Waals surface area contributed by atoms with Crippen molar-refractivity contribution in [2.45, 2.75) is 10.6 Å². The Morgan fingerprint density at radius 1 is 1.41 bits per heavy atom. The number of thiocyanates is 1. The van der Waals surface area contributed by atoms with Gasteiger partial charge in [-0.3, -0.25) is 9.59 Å². The number of anilines is 1. The molecule has 0 fully saturated rings. The molecule has 1 aromatic heterocycles. The second-order valence-corrected chi connectivity index (χ2v) is 5.91. The summed E-state index contributed by atoms with van der Waals surface area (Å²) >= 11 is 2.54. The Morgan fingerprint density at radius 3 is 2.77 bits per heavy atom. The summed E-state index contributed by atoms with van der Waals surface area (Å²) < 4.78 is 0. The van der Waals surface area contributed by atoms with E-state index in [9.17, 15) is 9.59 Å². The van der Waals surface area contributed by atoms with Crippen LogP contribution >= 0.6 is 23.5 Å². The number of aromatic nitrogens is 2. The van der Waals surface area contributed by atoms with Crippen LogP contribution in [0.25, 0.3) is 0 Å². The summed E-state index contributed by atoms with van der Waals surface area (Å²) in [6.45, 7) is 0. The predicted octanol–water partition coefficient (Wildman–Crippen LogP) is 2.46. The summed E-state index contributed by atoms with van der Waals surface area (Å²) in [5, 5.41) is 13.2. The van der Waals surface area contributed by atoms with Crippen molar-refractivity contribution in [2.75, 3.05) is 11.6 Å². The summed E-state index contributed by atoms with van der Waals surface area (Å²) in [5.41, 5.74) is 0.286. The minimum absolute atomic E-state index is 0.0725. The van der Waals surface area contributed by atoms with E-state index in [-0.39, 0.29) is 11.3 Å². The molecule has 0 bridgehead atoms. The van der Waals surface area contributed by atoms with Gasteiger partial charge in [-0.15, -0.1) is 0 Å². The molecule has 0 atom stereocenters. The summed E-state index contributed by atoms with van der Waals surface area (Å²) in [4.78, 5) is 31.2. The van der Waals surface area contributed by atoms with Gasteiger partial charge in [0.2, 0.25) is 0 Å².